The van der Waals surface area contributed by atoms with Crippen molar-refractivity contribution in [1.82, 2.24) is 10.6 Å². The molecule has 0 fully saturated rings. The topological polar surface area (TPSA) is 45.7 Å². The highest BCUT2D eigenvalue weighted by Gasteiger charge is 1.98. The fraction of sp³-hybridized carbons (Fsp3) is 0.381. The summed E-state index contributed by atoms with van der Waals surface area (Å²) >= 11 is 0. The lowest BCUT2D eigenvalue weighted by Gasteiger charge is -2.12. The molecule has 0 aromatic heterocycles. The maximum atomic E-state index is 5.69. The third kappa shape index (κ3) is 7.86. The fourth-order valence-electron chi connectivity index (χ4n) is 2.41. The van der Waals surface area contributed by atoms with Crippen molar-refractivity contribution in [1.29, 1.82) is 0 Å². The molecule has 0 saturated heterocycles. The molecule has 2 aromatic rings. The molecule has 0 aliphatic carbocycles. The first-order valence-corrected chi connectivity index (χ1v) is 8.89. The second-order valence-corrected chi connectivity index (χ2v) is 6.08. The number of unbranched alkanes of at least 4 members (excludes halogenated alkanes) is 1. The quantitative estimate of drug-likeness (QED) is 0.416. The van der Waals surface area contributed by atoms with Gasteiger partial charge in [-0.1, -0.05) is 60.2 Å². The molecule has 2 N–H and O–H groups in total. The van der Waals surface area contributed by atoms with Gasteiger partial charge in [0.05, 0.1) is 6.61 Å². The highest BCUT2D eigenvalue weighted by molar-refractivity contribution is 5.79. The third-order valence-electron chi connectivity index (χ3n) is 3.92. The monoisotopic (exact) mass is 339 g/mol. The second-order valence-electron chi connectivity index (χ2n) is 6.08. The number of ether oxygens (including phenoxy) is 1. The Labute approximate surface area is 151 Å². The summed E-state index contributed by atoms with van der Waals surface area (Å²) in [4.78, 5) is 4.26. The van der Waals surface area contributed by atoms with Crippen LogP contribution in [0.5, 0.6) is 0 Å². The number of hydrogen-bond donors (Lipinski definition) is 2. The molecule has 134 valence electrons. The molecule has 0 radical (unpaired) electrons. The van der Waals surface area contributed by atoms with E-state index >= 15 is 0 Å². The predicted octanol–water partition coefficient (Wildman–Crippen LogP) is 3.66. The number of benzene rings is 2. The van der Waals surface area contributed by atoms with Crippen LogP contribution < -0.4 is 10.6 Å². The standard InChI is InChI=1S/C21H29N3O/c1-18-10-12-19(13-11-18)16-24-21(22-2)23-14-6-7-15-25-17-20-8-4-3-5-9-20/h3-5,8-13H,6-7,14-17H2,1-2H3,(H2,22,23,24). The summed E-state index contributed by atoms with van der Waals surface area (Å²) in [5, 5.41) is 6.68. The first-order chi connectivity index (χ1) is 12.3. The molecular weight excluding hydrogens is 310 g/mol. The van der Waals surface area contributed by atoms with Crippen LogP contribution in [0.15, 0.2) is 59.6 Å². The number of rotatable bonds is 9. The summed E-state index contributed by atoms with van der Waals surface area (Å²) in [6.45, 7) is 5.24. The highest BCUT2D eigenvalue weighted by Crippen LogP contribution is 2.03. The summed E-state index contributed by atoms with van der Waals surface area (Å²) < 4.78 is 5.69. The number of hydrogen-bond acceptors (Lipinski definition) is 2. The predicted molar refractivity (Wildman–Crippen MR) is 105 cm³/mol. The van der Waals surface area contributed by atoms with Crippen molar-refractivity contribution in [3.05, 3.63) is 71.3 Å². The zero-order chi connectivity index (χ0) is 17.7. The molecule has 0 aliphatic heterocycles. The fourth-order valence-corrected chi connectivity index (χ4v) is 2.41. The van der Waals surface area contributed by atoms with Gasteiger partial charge in [-0.15, -0.1) is 0 Å². The van der Waals surface area contributed by atoms with E-state index in [0.717, 1.165) is 38.5 Å². The van der Waals surface area contributed by atoms with Crippen molar-refractivity contribution < 1.29 is 4.74 Å². The van der Waals surface area contributed by atoms with E-state index in [0.29, 0.717) is 6.61 Å². The Morgan fingerprint density at radius 3 is 2.40 bits per heavy atom. The van der Waals surface area contributed by atoms with Crippen LogP contribution in [0, 0.1) is 6.92 Å². The Bertz CT molecular complexity index is 623. The molecule has 0 spiro atoms. The van der Waals surface area contributed by atoms with E-state index < -0.39 is 0 Å². The molecule has 25 heavy (non-hydrogen) atoms. The molecule has 4 heteroatoms. The first-order valence-electron chi connectivity index (χ1n) is 8.89. The largest absolute Gasteiger partial charge is 0.377 e. The number of nitrogens with zero attached hydrogens (tertiary/aromatic N) is 1. The van der Waals surface area contributed by atoms with Crippen molar-refractivity contribution in [2.75, 3.05) is 20.2 Å². The number of guanidine groups is 1. The lowest BCUT2D eigenvalue weighted by Crippen LogP contribution is -2.37. The summed E-state index contributed by atoms with van der Waals surface area (Å²) in [6, 6.07) is 18.8. The minimum atomic E-state index is 0.689. The zero-order valence-corrected chi connectivity index (χ0v) is 15.3. The van der Waals surface area contributed by atoms with Crippen LogP contribution in [0.1, 0.15) is 29.5 Å². The van der Waals surface area contributed by atoms with Crippen LogP contribution in [0.4, 0.5) is 0 Å². The molecule has 0 heterocycles. The third-order valence-corrected chi connectivity index (χ3v) is 3.92. The van der Waals surface area contributed by atoms with Crippen LogP contribution in [0.25, 0.3) is 0 Å². The molecule has 2 aromatic carbocycles. The first kappa shape index (κ1) is 19.0. The summed E-state index contributed by atoms with van der Waals surface area (Å²) in [7, 11) is 1.80. The molecule has 2 rings (SSSR count). The van der Waals surface area contributed by atoms with Gasteiger partial charge in [0, 0.05) is 26.7 Å². The van der Waals surface area contributed by atoms with Gasteiger partial charge in [-0.05, 0) is 30.9 Å². The van der Waals surface area contributed by atoms with E-state index in [9.17, 15) is 0 Å². The lowest BCUT2D eigenvalue weighted by molar-refractivity contribution is 0.117. The van der Waals surface area contributed by atoms with Gasteiger partial charge in [-0.25, -0.2) is 0 Å². The number of aryl methyl sites for hydroxylation is 1. The lowest BCUT2D eigenvalue weighted by atomic mass is 10.1. The smallest absolute Gasteiger partial charge is 0.191 e. The maximum Gasteiger partial charge on any atom is 0.191 e. The Morgan fingerprint density at radius 1 is 0.920 bits per heavy atom. The van der Waals surface area contributed by atoms with Crippen LogP contribution >= 0.6 is 0 Å². The molecular formula is C21H29N3O. The molecule has 0 amide bonds. The van der Waals surface area contributed by atoms with Gasteiger partial charge >= 0.3 is 0 Å². The minimum absolute atomic E-state index is 0.689. The Morgan fingerprint density at radius 2 is 1.68 bits per heavy atom. The van der Waals surface area contributed by atoms with Crippen molar-refractivity contribution in [3.63, 3.8) is 0 Å². The van der Waals surface area contributed by atoms with Gasteiger partial charge in [-0.2, -0.15) is 0 Å². The summed E-state index contributed by atoms with van der Waals surface area (Å²) in [5.41, 5.74) is 3.75. The normalized spacial score (nSPS) is 11.4. The number of aliphatic imine (C=N–C) groups is 1. The van der Waals surface area contributed by atoms with Crippen molar-refractivity contribution >= 4 is 5.96 Å². The van der Waals surface area contributed by atoms with E-state index in [1.54, 1.807) is 7.05 Å². The Balaban J connectivity index is 1.53. The van der Waals surface area contributed by atoms with Crippen LogP contribution in [0.2, 0.25) is 0 Å². The molecule has 0 saturated carbocycles. The molecule has 0 bridgehead atoms. The molecule has 0 aliphatic rings. The zero-order valence-electron chi connectivity index (χ0n) is 15.3. The Hall–Kier alpha value is -2.33. The average molecular weight is 339 g/mol. The van der Waals surface area contributed by atoms with Gasteiger partial charge in [0.25, 0.3) is 0 Å². The van der Waals surface area contributed by atoms with Crippen molar-refractivity contribution in [2.24, 2.45) is 4.99 Å². The van der Waals surface area contributed by atoms with Gasteiger partial charge in [-0.3, -0.25) is 4.99 Å². The van der Waals surface area contributed by atoms with Crippen LogP contribution in [-0.2, 0) is 17.9 Å². The van der Waals surface area contributed by atoms with E-state index in [4.69, 9.17) is 4.74 Å². The van der Waals surface area contributed by atoms with Gasteiger partial charge in [0.15, 0.2) is 5.96 Å². The molecule has 4 nitrogen and oxygen atoms in total. The van der Waals surface area contributed by atoms with Gasteiger partial charge in [0.1, 0.15) is 0 Å². The van der Waals surface area contributed by atoms with Crippen LogP contribution in [0.3, 0.4) is 0 Å². The summed E-state index contributed by atoms with van der Waals surface area (Å²) in [6.07, 6.45) is 2.09. The van der Waals surface area contributed by atoms with Crippen LogP contribution in [-0.4, -0.2) is 26.2 Å². The number of nitrogens with one attached hydrogen (secondary N) is 2. The van der Waals surface area contributed by atoms with E-state index in [2.05, 4.69) is 58.9 Å². The van der Waals surface area contributed by atoms with Crippen molar-refractivity contribution in [3.8, 4) is 0 Å². The SMILES string of the molecule is CN=C(NCCCCOCc1ccccc1)NCc1ccc(C)cc1. The minimum Gasteiger partial charge on any atom is -0.377 e. The van der Waals surface area contributed by atoms with Gasteiger partial charge < -0.3 is 15.4 Å². The molecule has 0 unspecified atom stereocenters. The maximum absolute atomic E-state index is 5.69. The molecule has 0 atom stereocenters. The van der Waals surface area contributed by atoms with E-state index in [1.165, 1.54) is 16.7 Å². The second kappa shape index (κ2) is 11.3. The van der Waals surface area contributed by atoms with E-state index in [1.807, 2.05) is 18.2 Å². The summed E-state index contributed by atoms with van der Waals surface area (Å²) in [5.74, 6) is 0.839. The van der Waals surface area contributed by atoms with Gasteiger partial charge in [0.2, 0.25) is 0 Å². The van der Waals surface area contributed by atoms with E-state index in [-0.39, 0.29) is 0 Å². The average Bonchev–Trinajstić information content (AvgIpc) is 2.65. The highest BCUT2D eigenvalue weighted by atomic mass is 16.5. The Kier molecular flexibility index (Phi) is 8.56. The van der Waals surface area contributed by atoms with Crippen molar-refractivity contribution in [2.45, 2.75) is 32.9 Å².